The average Bonchev–Trinajstić information content (AvgIpc) is 3.35. The molecular weight excluding hydrogens is 434 g/mol. The summed E-state index contributed by atoms with van der Waals surface area (Å²) in [6.07, 6.45) is -3.13. The normalized spacial score (nSPS) is 25.0. The Bertz CT molecular complexity index is 781. The molecule has 32 heavy (non-hydrogen) atoms. The number of rotatable bonds is 6. The second-order valence-corrected chi connectivity index (χ2v) is 9.50. The average molecular weight is 464 g/mol. The summed E-state index contributed by atoms with van der Waals surface area (Å²) in [4.78, 5) is 13.1. The van der Waals surface area contributed by atoms with Crippen LogP contribution in [0.2, 0.25) is 0 Å². The molecule has 0 unspecified atom stereocenters. The van der Waals surface area contributed by atoms with Crippen molar-refractivity contribution in [2.45, 2.75) is 89.8 Å². The largest absolute Gasteiger partial charge is 0.416 e. The van der Waals surface area contributed by atoms with Crippen LogP contribution in [0.4, 0.5) is 26.3 Å². The number of hydrogen-bond acceptors (Lipinski definition) is 2. The zero-order valence-corrected chi connectivity index (χ0v) is 18.3. The summed E-state index contributed by atoms with van der Waals surface area (Å²) in [5, 5.41) is 6.27. The second-order valence-electron chi connectivity index (χ2n) is 9.50. The monoisotopic (exact) mass is 464 g/mol. The van der Waals surface area contributed by atoms with Gasteiger partial charge in [0.2, 0.25) is 5.91 Å². The summed E-state index contributed by atoms with van der Waals surface area (Å²) in [6, 6.07) is 2.07. The molecule has 0 saturated heterocycles. The Hall–Kier alpha value is -1.77. The number of alkyl halides is 6. The summed E-state index contributed by atoms with van der Waals surface area (Å²) < 4.78 is 78.6. The summed E-state index contributed by atoms with van der Waals surface area (Å²) in [5.74, 6) is -0.320. The first kappa shape index (κ1) is 24.9. The fourth-order valence-electron chi connectivity index (χ4n) is 5.12. The molecule has 2 atom stereocenters. The lowest BCUT2D eigenvalue weighted by molar-refractivity contribution is -0.143. The molecule has 9 heteroatoms. The Morgan fingerprint density at radius 1 is 0.969 bits per heavy atom. The molecule has 2 aliphatic rings. The van der Waals surface area contributed by atoms with Gasteiger partial charge in [-0.25, -0.2) is 0 Å². The van der Waals surface area contributed by atoms with Crippen molar-refractivity contribution in [3.63, 3.8) is 0 Å². The van der Waals surface area contributed by atoms with Gasteiger partial charge in [-0.1, -0.05) is 26.7 Å². The van der Waals surface area contributed by atoms with Gasteiger partial charge in [0.05, 0.1) is 16.5 Å². The van der Waals surface area contributed by atoms with Crippen molar-refractivity contribution in [3.8, 4) is 0 Å². The molecule has 0 radical (unpaired) electrons. The number of carbonyl (C=O) groups excluding carboxylic acids is 1. The fourth-order valence-corrected chi connectivity index (χ4v) is 5.12. The molecule has 1 aromatic rings. The molecule has 0 aromatic heterocycles. The lowest BCUT2D eigenvalue weighted by atomic mass is 9.74. The van der Waals surface area contributed by atoms with Crippen LogP contribution in [0, 0.1) is 11.3 Å². The van der Waals surface area contributed by atoms with Gasteiger partial charge in [0, 0.05) is 18.6 Å². The van der Waals surface area contributed by atoms with Crippen molar-refractivity contribution in [2.24, 2.45) is 11.3 Å². The Morgan fingerprint density at radius 2 is 1.53 bits per heavy atom. The van der Waals surface area contributed by atoms with E-state index in [0.717, 1.165) is 19.3 Å². The quantitative estimate of drug-likeness (QED) is 0.502. The molecule has 0 heterocycles. The molecule has 1 aromatic carbocycles. The summed E-state index contributed by atoms with van der Waals surface area (Å²) in [6.45, 7) is 3.48. The van der Waals surface area contributed by atoms with Crippen molar-refractivity contribution in [2.75, 3.05) is 0 Å². The molecule has 2 fully saturated rings. The topological polar surface area (TPSA) is 41.1 Å². The molecule has 2 aliphatic carbocycles. The van der Waals surface area contributed by atoms with Crippen molar-refractivity contribution in [1.82, 2.24) is 10.6 Å². The highest BCUT2D eigenvalue weighted by Crippen LogP contribution is 2.45. The zero-order valence-electron chi connectivity index (χ0n) is 18.3. The lowest BCUT2D eigenvalue weighted by Crippen LogP contribution is -2.44. The first-order valence-electron chi connectivity index (χ1n) is 11.1. The lowest BCUT2D eigenvalue weighted by Gasteiger charge is -2.33. The van der Waals surface area contributed by atoms with E-state index < -0.39 is 28.9 Å². The van der Waals surface area contributed by atoms with Gasteiger partial charge in [-0.05, 0) is 61.8 Å². The molecule has 0 aliphatic heterocycles. The Balaban J connectivity index is 1.73. The highest BCUT2D eigenvalue weighted by Gasteiger charge is 2.47. The SMILES string of the molecule is CC(C)[C@]1(C(=O)NCc2cc(C(F)(F)F)cc(C(F)(F)F)c2)CC[C@@H](NC2CCCC2)C1. The highest BCUT2D eigenvalue weighted by atomic mass is 19.4. The van der Waals surface area contributed by atoms with Crippen LogP contribution >= 0.6 is 0 Å². The van der Waals surface area contributed by atoms with E-state index in [0.29, 0.717) is 31.0 Å². The number of amides is 1. The van der Waals surface area contributed by atoms with Crippen LogP contribution < -0.4 is 10.6 Å². The zero-order chi connectivity index (χ0) is 23.7. The number of nitrogens with one attached hydrogen (secondary N) is 2. The van der Waals surface area contributed by atoms with E-state index >= 15 is 0 Å². The van der Waals surface area contributed by atoms with Crippen LogP contribution in [0.25, 0.3) is 0 Å². The van der Waals surface area contributed by atoms with Crippen LogP contribution in [-0.4, -0.2) is 18.0 Å². The van der Waals surface area contributed by atoms with Crippen LogP contribution in [0.5, 0.6) is 0 Å². The Kier molecular flexibility index (Phi) is 7.17. The maximum Gasteiger partial charge on any atom is 0.416 e. The van der Waals surface area contributed by atoms with E-state index in [-0.39, 0.29) is 36.0 Å². The van der Waals surface area contributed by atoms with Crippen LogP contribution in [0.1, 0.15) is 75.5 Å². The van der Waals surface area contributed by atoms with Crippen molar-refractivity contribution < 1.29 is 31.1 Å². The van der Waals surface area contributed by atoms with Gasteiger partial charge >= 0.3 is 12.4 Å². The van der Waals surface area contributed by atoms with Gasteiger partial charge in [0.1, 0.15) is 0 Å². The molecule has 180 valence electrons. The minimum atomic E-state index is -4.91. The van der Waals surface area contributed by atoms with Crippen molar-refractivity contribution in [1.29, 1.82) is 0 Å². The van der Waals surface area contributed by atoms with Gasteiger partial charge < -0.3 is 10.6 Å². The molecular formula is C23H30F6N2O. The minimum absolute atomic E-state index is 0.00914. The summed E-state index contributed by atoms with van der Waals surface area (Å²) in [5.41, 5.74) is -3.67. The predicted molar refractivity (Wildman–Crippen MR) is 109 cm³/mol. The van der Waals surface area contributed by atoms with E-state index in [9.17, 15) is 31.1 Å². The van der Waals surface area contributed by atoms with E-state index in [2.05, 4.69) is 10.6 Å². The standard InChI is InChI=1S/C23H30F6N2O/c1-14(2)21(8-7-19(12-21)31-18-5-3-4-6-18)20(32)30-13-15-9-16(22(24,25)26)11-17(10-15)23(27,28)29/h9-11,14,18-19,31H,3-8,12-13H2,1-2H3,(H,30,32)/t19-,21+/m1/s1. The molecule has 0 spiro atoms. The summed E-state index contributed by atoms with van der Waals surface area (Å²) >= 11 is 0. The molecule has 2 N–H and O–H groups in total. The minimum Gasteiger partial charge on any atom is -0.352 e. The molecule has 3 nitrogen and oxygen atoms in total. The first-order valence-corrected chi connectivity index (χ1v) is 11.1. The second kappa shape index (κ2) is 9.23. The number of halogens is 6. The smallest absolute Gasteiger partial charge is 0.352 e. The maximum atomic E-state index is 13.1. The van der Waals surface area contributed by atoms with Gasteiger partial charge in [-0.3, -0.25) is 4.79 Å². The third-order valence-electron chi connectivity index (χ3n) is 7.03. The molecule has 2 saturated carbocycles. The Labute approximate surface area is 184 Å². The van der Waals surface area contributed by atoms with E-state index in [1.165, 1.54) is 12.8 Å². The van der Waals surface area contributed by atoms with E-state index in [4.69, 9.17) is 0 Å². The highest BCUT2D eigenvalue weighted by molar-refractivity contribution is 5.83. The van der Waals surface area contributed by atoms with E-state index in [1.807, 2.05) is 13.8 Å². The number of hydrogen-bond donors (Lipinski definition) is 2. The Morgan fingerprint density at radius 3 is 2.03 bits per heavy atom. The predicted octanol–water partition coefficient (Wildman–Crippen LogP) is 6.07. The fraction of sp³-hybridized carbons (Fsp3) is 0.696. The molecule has 1 amide bonds. The van der Waals surface area contributed by atoms with E-state index in [1.54, 1.807) is 0 Å². The third-order valence-corrected chi connectivity index (χ3v) is 7.03. The van der Waals surface area contributed by atoms with Crippen molar-refractivity contribution >= 4 is 5.91 Å². The van der Waals surface area contributed by atoms with Gasteiger partial charge in [0.25, 0.3) is 0 Å². The third kappa shape index (κ3) is 5.58. The van der Waals surface area contributed by atoms with Crippen molar-refractivity contribution in [3.05, 3.63) is 34.9 Å². The maximum absolute atomic E-state index is 13.1. The van der Waals surface area contributed by atoms with Crippen LogP contribution in [-0.2, 0) is 23.7 Å². The molecule has 0 bridgehead atoms. The summed E-state index contributed by atoms with van der Waals surface area (Å²) in [7, 11) is 0. The van der Waals surface area contributed by atoms with Gasteiger partial charge in [0.15, 0.2) is 0 Å². The number of benzene rings is 1. The first-order chi connectivity index (χ1) is 14.8. The van der Waals surface area contributed by atoms with Gasteiger partial charge in [-0.15, -0.1) is 0 Å². The van der Waals surface area contributed by atoms with Crippen LogP contribution in [0.3, 0.4) is 0 Å². The van der Waals surface area contributed by atoms with Crippen LogP contribution in [0.15, 0.2) is 18.2 Å². The number of carbonyl (C=O) groups is 1. The van der Waals surface area contributed by atoms with Gasteiger partial charge in [-0.2, -0.15) is 26.3 Å². The molecule has 3 rings (SSSR count).